The molecule has 0 aliphatic heterocycles. The summed E-state index contributed by atoms with van der Waals surface area (Å²) in [6.07, 6.45) is 4.69. The lowest BCUT2D eigenvalue weighted by Gasteiger charge is -2.26. The van der Waals surface area contributed by atoms with Gasteiger partial charge >= 0.3 is 0 Å². The first-order chi connectivity index (χ1) is 14.8. The number of nitrogens with one attached hydrogen (secondary N) is 1. The van der Waals surface area contributed by atoms with Crippen LogP contribution < -0.4 is 9.73 Å². The minimum atomic E-state index is -3.97. The van der Waals surface area contributed by atoms with E-state index >= 15 is 0 Å². The Balaban J connectivity index is 1.91. The van der Waals surface area contributed by atoms with Crippen LogP contribution in [0.5, 0.6) is 0 Å². The van der Waals surface area contributed by atoms with Gasteiger partial charge in [0, 0.05) is 12.4 Å². The van der Waals surface area contributed by atoms with Gasteiger partial charge in [-0.2, -0.15) is 5.10 Å². The third kappa shape index (κ3) is 5.35. The Bertz CT molecular complexity index is 1190. The summed E-state index contributed by atoms with van der Waals surface area (Å²) < 4.78 is 28.0. The number of amides is 1. The average molecular weight is 437 g/mol. The predicted octanol–water partition coefficient (Wildman–Crippen LogP) is 3.35. The van der Waals surface area contributed by atoms with Crippen LogP contribution in [0.3, 0.4) is 0 Å². The van der Waals surface area contributed by atoms with Crippen molar-refractivity contribution in [2.24, 2.45) is 5.10 Å². The van der Waals surface area contributed by atoms with Crippen LogP contribution in [0, 0.1) is 20.8 Å². The number of pyridine rings is 1. The molecule has 7 nitrogen and oxygen atoms in total. The molecule has 1 aromatic heterocycles. The minimum absolute atomic E-state index is 0.118. The summed E-state index contributed by atoms with van der Waals surface area (Å²) in [5, 5.41) is 3.92. The van der Waals surface area contributed by atoms with E-state index in [-0.39, 0.29) is 4.90 Å². The molecule has 0 atom stereocenters. The molecule has 1 heterocycles. The molecule has 8 heteroatoms. The van der Waals surface area contributed by atoms with Crippen LogP contribution in [-0.4, -0.2) is 32.1 Å². The van der Waals surface area contributed by atoms with E-state index in [0.717, 1.165) is 26.6 Å². The van der Waals surface area contributed by atoms with Crippen molar-refractivity contribution in [3.8, 4) is 0 Å². The summed E-state index contributed by atoms with van der Waals surface area (Å²) in [5.41, 5.74) is 6.27. The molecular weight excluding hydrogens is 412 g/mol. The highest BCUT2D eigenvalue weighted by molar-refractivity contribution is 7.92. The van der Waals surface area contributed by atoms with Crippen molar-refractivity contribution in [1.82, 2.24) is 10.4 Å². The Morgan fingerprint density at radius 1 is 1.03 bits per heavy atom. The van der Waals surface area contributed by atoms with Crippen LogP contribution in [0.15, 0.2) is 77.0 Å². The monoisotopic (exact) mass is 436 g/mol. The molecule has 31 heavy (non-hydrogen) atoms. The molecule has 0 saturated carbocycles. The summed E-state index contributed by atoms with van der Waals surface area (Å²) in [7, 11) is -3.97. The first-order valence-electron chi connectivity index (χ1n) is 9.66. The van der Waals surface area contributed by atoms with E-state index in [1.165, 1.54) is 6.21 Å². The van der Waals surface area contributed by atoms with Crippen LogP contribution in [0.4, 0.5) is 5.69 Å². The highest BCUT2D eigenvalue weighted by Gasteiger charge is 2.28. The summed E-state index contributed by atoms with van der Waals surface area (Å²) in [6.45, 7) is 5.21. The number of hydrazone groups is 1. The number of aromatic nitrogens is 1. The maximum absolute atomic E-state index is 13.4. The maximum Gasteiger partial charge on any atom is 0.264 e. The van der Waals surface area contributed by atoms with Crippen molar-refractivity contribution in [3.05, 3.63) is 89.2 Å². The summed E-state index contributed by atoms with van der Waals surface area (Å²) >= 11 is 0. The van der Waals surface area contributed by atoms with Gasteiger partial charge in [-0.25, -0.2) is 13.8 Å². The lowest BCUT2D eigenvalue weighted by atomic mass is 10.1. The van der Waals surface area contributed by atoms with E-state index in [0.29, 0.717) is 5.69 Å². The SMILES string of the molecule is Cc1ccc(S(=O)(=O)N(CC(=O)N/N=C\c2ccncc2)c2cccc(C)c2C)cc1. The molecule has 160 valence electrons. The number of carbonyl (C=O) groups is 1. The fraction of sp³-hybridized carbons (Fsp3) is 0.174. The number of carbonyl (C=O) groups excluding carboxylic acids is 1. The fourth-order valence-electron chi connectivity index (χ4n) is 2.94. The largest absolute Gasteiger partial charge is 0.271 e. The van der Waals surface area contributed by atoms with Gasteiger partial charge in [0.05, 0.1) is 16.8 Å². The lowest BCUT2D eigenvalue weighted by Crippen LogP contribution is -2.40. The molecule has 0 aliphatic carbocycles. The Morgan fingerprint density at radius 2 is 1.71 bits per heavy atom. The van der Waals surface area contributed by atoms with E-state index in [1.54, 1.807) is 60.9 Å². The molecule has 3 rings (SSSR count). The summed E-state index contributed by atoms with van der Waals surface area (Å²) in [4.78, 5) is 16.6. The number of sulfonamides is 1. The van der Waals surface area contributed by atoms with Crippen LogP contribution in [0.2, 0.25) is 0 Å². The van der Waals surface area contributed by atoms with Gasteiger partial charge in [-0.05, 0) is 67.8 Å². The fourth-order valence-corrected chi connectivity index (χ4v) is 4.42. The number of benzene rings is 2. The normalized spacial score (nSPS) is 11.5. The molecule has 0 aliphatic rings. The topological polar surface area (TPSA) is 91.7 Å². The number of hydrogen-bond donors (Lipinski definition) is 1. The van der Waals surface area contributed by atoms with Crippen molar-refractivity contribution in [1.29, 1.82) is 0 Å². The number of rotatable bonds is 7. The molecular formula is C23H24N4O3S. The third-order valence-electron chi connectivity index (χ3n) is 4.85. The average Bonchev–Trinajstić information content (AvgIpc) is 2.75. The second kappa shape index (κ2) is 9.53. The smallest absolute Gasteiger partial charge is 0.264 e. The van der Waals surface area contributed by atoms with Gasteiger partial charge in [0.15, 0.2) is 0 Å². The molecule has 2 aromatic carbocycles. The van der Waals surface area contributed by atoms with E-state index < -0.39 is 22.5 Å². The highest BCUT2D eigenvalue weighted by Crippen LogP contribution is 2.28. The minimum Gasteiger partial charge on any atom is -0.271 e. The van der Waals surface area contributed by atoms with Crippen molar-refractivity contribution in [2.45, 2.75) is 25.7 Å². The van der Waals surface area contributed by atoms with Crippen LogP contribution >= 0.6 is 0 Å². The first-order valence-corrected chi connectivity index (χ1v) is 11.1. The maximum atomic E-state index is 13.4. The standard InChI is InChI=1S/C23H24N4O3S/c1-17-7-9-21(10-8-17)31(29,30)27(22-6-4-5-18(2)19(22)3)16-23(28)26-25-15-20-11-13-24-14-12-20/h4-15H,16H2,1-3H3,(H,26,28)/b25-15-. The Hall–Kier alpha value is -3.52. The summed E-state index contributed by atoms with van der Waals surface area (Å²) in [6, 6.07) is 15.4. The number of anilines is 1. The van der Waals surface area contributed by atoms with Gasteiger partial charge in [-0.1, -0.05) is 29.8 Å². The molecule has 0 fully saturated rings. The van der Waals surface area contributed by atoms with E-state index in [1.807, 2.05) is 26.8 Å². The molecule has 0 radical (unpaired) electrons. The molecule has 3 aromatic rings. The van der Waals surface area contributed by atoms with Gasteiger partial charge in [0.2, 0.25) is 0 Å². The molecule has 0 spiro atoms. The molecule has 0 unspecified atom stereocenters. The second-order valence-corrected chi connectivity index (χ2v) is 8.98. The van der Waals surface area contributed by atoms with Crippen molar-refractivity contribution >= 4 is 27.8 Å². The quantitative estimate of drug-likeness (QED) is 0.454. The van der Waals surface area contributed by atoms with Crippen molar-refractivity contribution in [2.75, 3.05) is 10.8 Å². The van der Waals surface area contributed by atoms with E-state index in [2.05, 4.69) is 15.5 Å². The lowest BCUT2D eigenvalue weighted by molar-refractivity contribution is -0.119. The molecule has 1 amide bonds. The van der Waals surface area contributed by atoms with Gasteiger partial charge in [-0.15, -0.1) is 0 Å². The number of aryl methyl sites for hydroxylation is 2. The summed E-state index contributed by atoms with van der Waals surface area (Å²) in [5.74, 6) is -0.554. The van der Waals surface area contributed by atoms with Gasteiger partial charge in [0.25, 0.3) is 15.9 Å². The van der Waals surface area contributed by atoms with Crippen molar-refractivity contribution < 1.29 is 13.2 Å². The predicted molar refractivity (Wildman–Crippen MR) is 122 cm³/mol. The second-order valence-electron chi connectivity index (χ2n) is 7.12. The molecule has 1 N–H and O–H groups in total. The van der Waals surface area contributed by atoms with E-state index in [9.17, 15) is 13.2 Å². The Kier molecular flexibility index (Phi) is 6.81. The number of nitrogens with zero attached hydrogens (tertiary/aromatic N) is 3. The van der Waals surface area contributed by atoms with Crippen LogP contribution in [0.25, 0.3) is 0 Å². The zero-order valence-corrected chi connectivity index (χ0v) is 18.4. The molecule has 0 saturated heterocycles. The van der Waals surface area contributed by atoms with Crippen LogP contribution in [0.1, 0.15) is 22.3 Å². The van der Waals surface area contributed by atoms with E-state index in [4.69, 9.17) is 0 Å². The Morgan fingerprint density at radius 3 is 2.39 bits per heavy atom. The van der Waals surface area contributed by atoms with Crippen molar-refractivity contribution in [3.63, 3.8) is 0 Å². The zero-order chi connectivity index (χ0) is 22.4. The molecule has 0 bridgehead atoms. The third-order valence-corrected chi connectivity index (χ3v) is 6.62. The Labute approximate surface area is 182 Å². The highest BCUT2D eigenvalue weighted by atomic mass is 32.2. The van der Waals surface area contributed by atoms with Gasteiger partial charge < -0.3 is 0 Å². The van der Waals surface area contributed by atoms with Gasteiger partial charge in [0.1, 0.15) is 6.54 Å². The van der Waals surface area contributed by atoms with Gasteiger partial charge in [-0.3, -0.25) is 14.1 Å². The zero-order valence-electron chi connectivity index (χ0n) is 17.6. The number of hydrogen-bond acceptors (Lipinski definition) is 5. The van der Waals surface area contributed by atoms with Crippen LogP contribution in [-0.2, 0) is 14.8 Å². The first kappa shape index (κ1) is 22.2.